The Balaban J connectivity index is 1.67. The number of rotatable bonds is 7. The zero-order valence-electron chi connectivity index (χ0n) is 12.1. The van der Waals surface area contributed by atoms with Gasteiger partial charge in [-0.25, -0.2) is 9.18 Å². The van der Waals surface area contributed by atoms with E-state index in [0.29, 0.717) is 6.54 Å². The molecule has 0 spiro atoms. The molecule has 7 heteroatoms. The maximum Gasteiger partial charge on any atom is 0.315 e. The van der Waals surface area contributed by atoms with Gasteiger partial charge in [-0.1, -0.05) is 6.07 Å². The van der Waals surface area contributed by atoms with Crippen LogP contribution < -0.4 is 10.6 Å². The topological polar surface area (TPSA) is 79.2 Å². The molecule has 0 radical (unpaired) electrons. The molecular formula is C15H19FN4O2. The average Bonchev–Trinajstić information content (AvgIpc) is 3.04. The Morgan fingerprint density at radius 1 is 1.36 bits per heavy atom. The van der Waals surface area contributed by atoms with E-state index in [-0.39, 0.29) is 24.7 Å². The van der Waals surface area contributed by atoms with Gasteiger partial charge in [0.15, 0.2) is 0 Å². The molecule has 22 heavy (non-hydrogen) atoms. The fraction of sp³-hybridized carbons (Fsp3) is 0.333. The molecule has 2 amide bonds. The number of hydrogen-bond acceptors (Lipinski definition) is 3. The number of aliphatic hydroxyl groups excluding tert-OH is 1. The maximum absolute atomic E-state index is 13.2. The van der Waals surface area contributed by atoms with Crippen LogP contribution in [0.5, 0.6) is 0 Å². The smallest absolute Gasteiger partial charge is 0.315 e. The van der Waals surface area contributed by atoms with Gasteiger partial charge in [-0.2, -0.15) is 5.10 Å². The van der Waals surface area contributed by atoms with E-state index >= 15 is 0 Å². The largest absolute Gasteiger partial charge is 0.392 e. The molecule has 2 rings (SSSR count). The second-order valence-corrected chi connectivity index (χ2v) is 4.82. The summed E-state index contributed by atoms with van der Waals surface area (Å²) in [6.07, 6.45) is 4.36. The standard InChI is InChI=1S/C15H19FN4O2/c16-14-4-3-12(9-13(14)11-21)10-18-15(22)17-5-1-7-20-8-2-6-19-20/h2-4,6,8-9,21H,1,5,7,10-11H2,(H2,17,18,22). The number of halogens is 1. The van der Waals surface area contributed by atoms with E-state index in [1.807, 2.05) is 12.3 Å². The highest BCUT2D eigenvalue weighted by atomic mass is 19.1. The van der Waals surface area contributed by atoms with Crippen molar-refractivity contribution in [2.75, 3.05) is 6.54 Å². The summed E-state index contributed by atoms with van der Waals surface area (Å²) < 4.78 is 15.0. The van der Waals surface area contributed by atoms with Crippen molar-refractivity contribution in [3.8, 4) is 0 Å². The number of amides is 2. The fourth-order valence-electron chi connectivity index (χ4n) is 1.98. The van der Waals surface area contributed by atoms with E-state index < -0.39 is 5.82 Å². The highest BCUT2D eigenvalue weighted by Gasteiger charge is 2.04. The minimum atomic E-state index is -0.450. The quantitative estimate of drug-likeness (QED) is 0.677. The normalized spacial score (nSPS) is 10.5. The van der Waals surface area contributed by atoms with Crippen molar-refractivity contribution in [3.63, 3.8) is 0 Å². The summed E-state index contributed by atoms with van der Waals surface area (Å²) in [5, 5.41) is 18.5. The Hall–Kier alpha value is -2.41. The van der Waals surface area contributed by atoms with E-state index in [1.54, 1.807) is 16.9 Å². The lowest BCUT2D eigenvalue weighted by Gasteiger charge is -2.09. The van der Waals surface area contributed by atoms with Gasteiger partial charge in [0.25, 0.3) is 0 Å². The second-order valence-electron chi connectivity index (χ2n) is 4.82. The minimum absolute atomic E-state index is 0.221. The van der Waals surface area contributed by atoms with Crippen LogP contribution in [0.4, 0.5) is 9.18 Å². The van der Waals surface area contributed by atoms with Crippen LogP contribution in [0.3, 0.4) is 0 Å². The summed E-state index contributed by atoms with van der Waals surface area (Å²) >= 11 is 0. The first-order valence-corrected chi connectivity index (χ1v) is 7.06. The Morgan fingerprint density at radius 3 is 2.95 bits per heavy atom. The number of hydrogen-bond donors (Lipinski definition) is 3. The average molecular weight is 306 g/mol. The summed E-state index contributed by atoms with van der Waals surface area (Å²) in [4.78, 5) is 11.6. The molecule has 0 saturated heterocycles. The van der Waals surface area contributed by atoms with Gasteiger partial charge in [-0.15, -0.1) is 0 Å². The van der Waals surface area contributed by atoms with Crippen molar-refractivity contribution in [1.82, 2.24) is 20.4 Å². The van der Waals surface area contributed by atoms with Crippen molar-refractivity contribution >= 4 is 6.03 Å². The van der Waals surface area contributed by atoms with E-state index in [1.165, 1.54) is 12.1 Å². The molecule has 1 aromatic carbocycles. The number of nitrogens with one attached hydrogen (secondary N) is 2. The Bertz CT molecular complexity index is 602. The molecule has 1 aromatic heterocycles. The summed E-state index contributed by atoms with van der Waals surface area (Å²) in [5.74, 6) is -0.450. The van der Waals surface area contributed by atoms with Crippen LogP contribution in [-0.4, -0.2) is 27.5 Å². The van der Waals surface area contributed by atoms with Gasteiger partial charge in [0.05, 0.1) is 6.61 Å². The number of carbonyl (C=O) groups is 1. The highest BCUT2D eigenvalue weighted by molar-refractivity contribution is 5.73. The van der Waals surface area contributed by atoms with Crippen LogP contribution in [0.2, 0.25) is 0 Å². The molecule has 0 saturated carbocycles. The van der Waals surface area contributed by atoms with Crippen LogP contribution in [0.15, 0.2) is 36.7 Å². The lowest BCUT2D eigenvalue weighted by molar-refractivity contribution is 0.240. The predicted molar refractivity (Wildman–Crippen MR) is 79.4 cm³/mol. The summed E-state index contributed by atoms with van der Waals surface area (Å²) in [7, 11) is 0. The molecule has 0 bridgehead atoms. The zero-order chi connectivity index (χ0) is 15.8. The summed E-state index contributed by atoms with van der Waals surface area (Å²) in [5.41, 5.74) is 0.955. The molecule has 3 N–H and O–H groups in total. The zero-order valence-corrected chi connectivity index (χ0v) is 12.1. The lowest BCUT2D eigenvalue weighted by Crippen LogP contribution is -2.35. The Kier molecular flexibility index (Phi) is 5.91. The molecule has 2 aromatic rings. The monoisotopic (exact) mass is 306 g/mol. The van der Waals surface area contributed by atoms with Gasteiger partial charge in [-0.05, 0) is 30.2 Å². The van der Waals surface area contributed by atoms with E-state index in [9.17, 15) is 9.18 Å². The van der Waals surface area contributed by atoms with Crippen LogP contribution >= 0.6 is 0 Å². The third-order valence-corrected chi connectivity index (χ3v) is 3.14. The molecule has 0 atom stereocenters. The van der Waals surface area contributed by atoms with Crippen molar-refractivity contribution in [3.05, 3.63) is 53.6 Å². The number of benzene rings is 1. The minimum Gasteiger partial charge on any atom is -0.392 e. The van der Waals surface area contributed by atoms with Gasteiger partial charge in [-0.3, -0.25) is 4.68 Å². The highest BCUT2D eigenvalue weighted by Crippen LogP contribution is 2.10. The molecule has 0 aliphatic carbocycles. The van der Waals surface area contributed by atoms with Gasteiger partial charge in [0.1, 0.15) is 5.82 Å². The van der Waals surface area contributed by atoms with Crippen molar-refractivity contribution in [2.45, 2.75) is 26.1 Å². The lowest BCUT2D eigenvalue weighted by atomic mass is 10.1. The summed E-state index contributed by atoms with van der Waals surface area (Å²) in [6, 6.07) is 5.96. The van der Waals surface area contributed by atoms with Crippen molar-refractivity contribution in [2.24, 2.45) is 0 Å². The van der Waals surface area contributed by atoms with Crippen LogP contribution in [-0.2, 0) is 19.7 Å². The van der Waals surface area contributed by atoms with E-state index in [0.717, 1.165) is 18.5 Å². The number of carbonyl (C=O) groups excluding carboxylic acids is 1. The fourth-order valence-corrected chi connectivity index (χ4v) is 1.98. The molecule has 0 aliphatic heterocycles. The second kappa shape index (κ2) is 8.14. The molecular weight excluding hydrogens is 287 g/mol. The molecule has 0 aliphatic rings. The molecule has 0 unspecified atom stereocenters. The van der Waals surface area contributed by atoms with Crippen molar-refractivity contribution in [1.29, 1.82) is 0 Å². The van der Waals surface area contributed by atoms with E-state index in [2.05, 4.69) is 15.7 Å². The number of aryl methyl sites for hydroxylation is 1. The van der Waals surface area contributed by atoms with Crippen LogP contribution in [0.25, 0.3) is 0 Å². The Labute approximate surface area is 128 Å². The number of nitrogens with zero attached hydrogens (tertiary/aromatic N) is 2. The van der Waals surface area contributed by atoms with Gasteiger partial charge in [0.2, 0.25) is 0 Å². The third kappa shape index (κ3) is 4.85. The van der Waals surface area contributed by atoms with Gasteiger partial charge in [0, 0.05) is 37.6 Å². The maximum atomic E-state index is 13.2. The number of urea groups is 1. The first kappa shape index (κ1) is 16.0. The number of aromatic nitrogens is 2. The molecule has 118 valence electrons. The third-order valence-electron chi connectivity index (χ3n) is 3.14. The van der Waals surface area contributed by atoms with E-state index in [4.69, 9.17) is 5.11 Å². The van der Waals surface area contributed by atoms with Crippen LogP contribution in [0, 0.1) is 5.82 Å². The predicted octanol–water partition coefficient (Wildman–Crippen LogP) is 1.40. The first-order chi connectivity index (χ1) is 10.7. The van der Waals surface area contributed by atoms with Gasteiger partial charge < -0.3 is 15.7 Å². The van der Waals surface area contributed by atoms with Crippen LogP contribution in [0.1, 0.15) is 17.5 Å². The van der Waals surface area contributed by atoms with Gasteiger partial charge >= 0.3 is 6.03 Å². The first-order valence-electron chi connectivity index (χ1n) is 7.06. The van der Waals surface area contributed by atoms with Crippen molar-refractivity contribution < 1.29 is 14.3 Å². The molecule has 6 nitrogen and oxygen atoms in total. The Morgan fingerprint density at radius 2 is 2.23 bits per heavy atom. The SMILES string of the molecule is O=C(NCCCn1cccn1)NCc1ccc(F)c(CO)c1. The molecule has 1 heterocycles. The molecule has 0 fully saturated rings. The summed E-state index contributed by atoms with van der Waals surface area (Å²) in [6.45, 7) is 1.19. The number of aliphatic hydroxyl groups is 1.